The SMILES string of the molecule is CNc1ccc(C(=O)N2CCN(c3nccs3)CC2)cc1. The van der Waals surface area contributed by atoms with Crippen LogP contribution in [0.15, 0.2) is 35.8 Å². The molecular weight excluding hydrogens is 284 g/mol. The van der Waals surface area contributed by atoms with Gasteiger partial charge in [-0.2, -0.15) is 0 Å². The Bertz CT molecular complexity index is 589. The van der Waals surface area contributed by atoms with Gasteiger partial charge < -0.3 is 15.1 Å². The van der Waals surface area contributed by atoms with Gasteiger partial charge in [0.2, 0.25) is 0 Å². The van der Waals surface area contributed by atoms with Gasteiger partial charge in [-0.3, -0.25) is 4.79 Å². The van der Waals surface area contributed by atoms with E-state index in [9.17, 15) is 4.79 Å². The van der Waals surface area contributed by atoms with Gasteiger partial charge in [0.05, 0.1) is 0 Å². The molecule has 1 fully saturated rings. The molecule has 0 atom stereocenters. The number of anilines is 2. The van der Waals surface area contributed by atoms with Crippen molar-refractivity contribution < 1.29 is 4.79 Å². The number of thiazole rings is 1. The van der Waals surface area contributed by atoms with E-state index in [4.69, 9.17) is 0 Å². The molecule has 0 bridgehead atoms. The number of hydrogen-bond donors (Lipinski definition) is 1. The van der Waals surface area contributed by atoms with Gasteiger partial charge in [-0.05, 0) is 24.3 Å². The molecule has 6 heteroatoms. The van der Waals surface area contributed by atoms with E-state index in [1.165, 1.54) is 0 Å². The Balaban J connectivity index is 1.62. The maximum Gasteiger partial charge on any atom is 0.253 e. The van der Waals surface area contributed by atoms with Crippen molar-refractivity contribution in [2.75, 3.05) is 43.4 Å². The summed E-state index contributed by atoms with van der Waals surface area (Å²) >= 11 is 1.64. The summed E-state index contributed by atoms with van der Waals surface area (Å²) in [4.78, 5) is 20.9. The molecule has 3 rings (SSSR count). The van der Waals surface area contributed by atoms with Gasteiger partial charge in [0.25, 0.3) is 5.91 Å². The van der Waals surface area contributed by atoms with E-state index in [0.29, 0.717) is 0 Å². The van der Waals surface area contributed by atoms with Crippen LogP contribution in [0.5, 0.6) is 0 Å². The number of nitrogens with one attached hydrogen (secondary N) is 1. The van der Waals surface area contributed by atoms with Crippen LogP contribution in [0.25, 0.3) is 0 Å². The number of carbonyl (C=O) groups is 1. The van der Waals surface area contributed by atoms with Crippen molar-refractivity contribution in [3.8, 4) is 0 Å². The van der Waals surface area contributed by atoms with Crippen LogP contribution >= 0.6 is 11.3 Å². The third-order valence-corrected chi connectivity index (χ3v) is 4.51. The van der Waals surface area contributed by atoms with Crippen LogP contribution in [0.2, 0.25) is 0 Å². The fourth-order valence-corrected chi connectivity index (χ4v) is 3.13. The zero-order valence-electron chi connectivity index (χ0n) is 12.0. The fourth-order valence-electron chi connectivity index (χ4n) is 2.43. The third-order valence-electron chi connectivity index (χ3n) is 3.68. The highest BCUT2D eigenvalue weighted by molar-refractivity contribution is 7.13. The molecule has 1 aliphatic heterocycles. The maximum atomic E-state index is 12.5. The Kier molecular flexibility index (Phi) is 4.06. The lowest BCUT2D eigenvalue weighted by Crippen LogP contribution is -2.48. The maximum absolute atomic E-state index is 12.5. The van der Waals surface area contributed by atoms with Gasteiger partial charge in [0, 0.05) is 56.1 Å². The van der Waals surface area contributed by atoms with Gasteiger partial charge in [-0.1, -0.05) is 0 Å². The molecule has 0 aliphatic carbocycles. The van der Waals surface area contributed by atoms with Crippen LogP contribution in [0.1, 0.15) is 10.4 Å². The highest BCUT2D eigenvalue weighted by atomic mass is 32.1. The minimum Gasteiger partial charge on any atom is -0.388 e. The lowest BCUT2D eigenvalue weighted by Gasteiger charge is -2.34. The van der Waals surface area contributed by atoms with Crippen LogP contribution < -0.4 is 10.2 Å². The molecule has 110 valence electrons. The topological polar surface area (TPSA) is 48.5 Å². The number of carbonyl (C=O) groups excluding carboxylic acids is 1. The van der Waals surface area contributed by atoms with E-state index >= 15 is 0 Å². The van der Waals surface area contributed by atoms with Crippen molar-refractivity contribution >= 4 is 28.1 Å². The lowest BCUT2D eigenvalue weighted by molar-refractivity contribution is 0.0747. The summed E-state index contributed by atoms with van der Waals surface area (Å²) in [5.74, 6) is 0.108. The Morgan fingerprint density at radius 1 is 1.19 bits per heavy atom. The van der Waals surface area contributed by atoms with E-state index in [2.05, 4.69) is 15.2 Å². The highest BCUT2D eigenvalue weighted by Crippen LogP contribution is 2.20. The standard InChI is InChI=1S/C15H18N4OS/c1-16-13-4-2-12(3-5-13)14(20)18-7-9-19(10-8-18)15-17-6-11-21-15/h2-6,11,16H,7-10H2,1H3. The zero-order valence-corrected chi connectivity index (χ0v) is 12.8. The quantitative estimate of drug-likeness (QED) is 0.944. The first-order valence-electron chi connectivity index (χ1n) is 6.99. The molecule has 1 N–H and O–H groups in total. The first-order chi connectivity index (χ1) is 10.3. The number of benzene rings is 1. The van der Waals surface area contributed by atoms with Crippen LogP contribution in [0, 0.1) is 0 Å². The summed E-state index contributed by atoms with van der Waals surface area (Å²) in [6.45, 7) is 3.17. The third kappa shape index (κ3) is 3.00. The van der Waals surface area contributed by atoms with Gasteiger partial charge >= 0.3 is 0 Å². The number of nitrogens with zero attached hydrogens (tertiary/aromatic N) is 3. The van der Waals surface area contributed by atoms with E-state index < -0.39 is 0 Å². The van der Waals surface area contributed by atoms with Crippen molar-refractivity contribution in [1.29, 1.82) is 0 Å². The Morgan fingerprint density at radius 2 is 1.90 bits per heavy atom. The Morgan fingerprint density at radius 3 is 2.48 bits per heavy atom. The van der Waals surface area contributed by atoms with Gasteiger partial charge in [-0.25, -0.2) is 4.98 Å². The van der Waals surface area contributed by atoms with Crippen molar-refractivity contribution in [3.63, 3.8) is 0 Å². The minimum atomic E-state index is 0.108. The van der Waals surface area contributed by atoms with Crippen molar-refractivity contribution in [2.24, 2.45) is 0 Å². The molecule has 2 aromatic rings. The number of aromatic nitrogens is 1. The van der Waals surface area contributed by atoms with Gasteiger partial charge in [0.1, 0.15) is 0 Å². The minimum absolute atomic E-state index is 0.108. The van der Waals surface area contributed by atoms with Gasteiger partial charge in [-0.15, -0.1) is 11.3 Å². The molecule has 2 heterocycles. The molecule has 1 aromatic heterocycles. The molecule has 0 unspecified atom stereocenters. The van der Waals surface area contributed by atoms with Crippen LogP contribution in [-0.4, -0.2) is 49.0 Å². The van der Waals surface area contributed by atoms with Crippen molar-refractivity contribution in [3.05, 3.63) is 41.4 Å². The second kappa shape index (κ2) is 6.13. The Hall–Kier alpha value is -2.08. The number of piperazine rings is 1. The predicted octanol–water partition coefficient (Wildman–Crippen LogP) is 2.15. The number of rotatable bonds is 3. The molecule has 0 radical (unpaired) electrons. The molecule has 1 amide bonds. The van der Waals surface area contributed by atoms with Crippen molar-refractivity contribution in [1.82, 2.24) is 9.88 Å². The Labute approximate surface area is 128 Å². The normalized spacial score (nSPS) is 15.1. The summed E-state index contributed by atoms with van der Waals surface area (Å²) in [6, 6.07) is 7.61. The van der Waals surface area contributed by atoms with Crippen LogP contribution in [0.3, 0.4) is 0 Å². The van der Waals surface area contributed by atoms with E-state index in [1.807, 2.05) is 47.8 Å². The van der Waals surface area contributed by atoms with Crippen LogP contribution in [0.4, 0.5) is 10.8 Å². The fraction of sp³-hybridized carbons (Fsp3) is 0.333. The largest absolute Gasteiger partial charge is 0.388 e. The molecule has 1 aliphatic rings. The average molecular weight is 302 g/mol. The summed E-state index contributed by atoms with van der Waals surface area (Å²) in [7, 11) is 1.87. The smallest absolute Gasteiger partial charge is 0.253 e. The molecule has 0 spiro atoms. The second-order valence-electron chi connectivity index (χ2n) is 4.92. The summed E-state index contributed by atoms with van der Waals surface area (Å²) < 4.78 is 0. The summed E-state index contributed by atoms with van der Waals surface area (Å²) in [6.07, 6.45) is 1.82. The van der Waals surface area contributed by atoms with Crippen molar-refractivity contribution in [2.45, 2.75) is 0 Å². The van der Waals surface area contributed by atoms with E-state index in [1.54, 1.807) is 11.3 Å². The monoisotopic (exact) mass is 302 g/mol. The molecule has 5 nitrogen and oxygen atoms in total. The molecule has 21 heavy (non-hydrogen) atoms. The van der Waals surface area contributed by atoms with E-state index in [-0.39, 0.29) is 5.91 Å². The zero-order chi connectivity index (χ0) is 14.7. The number of amides is 1. The number of hydrogen-bond acceptors (Lipinski definition) is 5. The molecular formula is C15H18N4OS. The van der Waals surface area contributed by atoms with E-state index in [0.717, 1.165) is 42.6 Å². The lowest BCUT2D eigenvalue weighted by atomic mass is 10.1. The highest BCUT2D eigenvalue weighted by Gasteiger charge is 2.23. The average Bonchev–Trinajstić information content (AvgIpc) is 3.09. The molecule has 1 aromatic carbocycles. The van der Waals surface area contributed by atoms with Gasteiger partial charge in [0.15, 0.2) is 5.13 Å². The van der Waals surface area contributed by atoms with Crippen LogP contribution in [-0.2, 0) is 0 Å². The summed E-state index contributed by atoms with van der Waals surface area (Å²) in [5.41, 5.74) is 1.76. The molecule has 1 saturated heterocycles. The first-order valence-corrected chi connectivity index (χ1v) is 7.87. The molecule has 0 saturated carbocycles. The second-order valence-corrected chi connectivity index (χ2v) is 5.79. The predicted molar refractivity (Wildman–Crippen MR) is 86.2 cm³/mol. The first kappa shape index (κ1) is 13.9. The summed E-state index contributed by atoms with van der Waals surface area (Å²) in [5, 5.41) is 6.08.